The minimum Gasteiger partial charge on any atom is -0.398 e. The number of H-pyrrole nitrogens is 1. The van der Waals surface area contributed by atoms with Gasteiger partial charge in [0.25, 0.3) is 20.2 Å². The Morgan fingerprint density at radius 2 is 1.46 bits per heavy atom. The number of anilines is 4. The lowest BCUT2D eigenvalue weighted by atomic mass is 9.92. The van der Waals surface area contributed by atoms with E-state index in [-0.39, 0.29) is 16.8 Å². The van der Waals surface area contributed by atoms with Gasteiger partial charge in [-0.3, -0.25) is 19.3 Å². The number of carbonyl (C=O) groups excluding carboxylic acids is 1. The third-order valence-corrected chi connectivity index (χ3v) is 10.2. The van der Waals surface area contributed by atoms with Crippen LogP contribution in [0.5, 0.6) is 0 Å². The number of ketones is 1. The van der Waals surface area contributed by atoms with Gasteiger partial charge in [0.15, 0.2) is 5.71 Å². The van der Waals surface area contributed by atoms with Gasteiger partial charge in [-0.25, -0.2) is 4.98 Å². The number of nitrogens with one attached hydrogen (secondary N) is 2. The Labute approximate surface area is 318 Å². The maximum absolute atomic E-state index is 13.7. The lowest BCUT2D eigenvalue weighted by Crippen LogP contribution is -2.28. The summed E-state index contributed by atoms with van der Waals surface area (Å²) in [5.74, 6) is -0.569. The number of hydrogen-bond donors (Lipinski definition) is 7. The number of aromatic amines is 1. The van der Waals surface area contributed by atoms with Gasteiger partial charge in [-0.15, -0.1) is 10.2 Å². The molecule has 1 aliphatic carbocycles. The third kappa shape index (κ3) is 7.47. The molecule has 6 aromatic rings. The standard InChI is InChI=1S/C36H29N11O7S2/c1-18-13-27(25(38)17-24(18)37)45-44-23-11-12-26-28(16-23)41-36(40-26)19-7-9-22(10-8-19)43-46-33-29(55(49,50)51)14-20-15-30(56(52,53)54)34(35(48)31(20)32(33)39)47-42-21-5-3-2-4-6-21/h2-17,42H,37-39H2,1H3,(H,40,41)(H,49,50,51)(H,52,53,54)/b45-44?,46-43?,47-34+. The second-order valence-corrected chi connectivity index (χ2v) is 15.1. The number of fused-ring (bicyclic) bond motifs is 2. The topological polar surface area (TPSA) is 306 Å². The summed E-state index contributed by atoms with van der Waals surface area (Å²) in [7, 11) is -10.1. The molecule has 1 aromatic heterocycles. The molecule has 0 aliphatic heterocycles. The molecule has 1 aliphatic rings. The highest BCUT2D eigenvalue weighted by Crippen LogP contribution is 2.41. The number of hydrogen-bond acceptors (Lipinski definition) is 15. The van der Waals surface area contributed by atoms with Crippen molar-refractivity contribution in [3.63, 3.8) is 0 Å². The molecule has 0 bridgehead atoms. The first-order chi connectivity index (χ1) is 26.6. The predicted octanol–water partition coefficient (Wildman–Crippen LogP) is 7.26. The zero-order chi connectivity index (χ0) is 39.9. The van der Waals surface area contributed by atoms with Crippen molar-refractivity contribution in [1.82, 2.24) is 9.97 Å². The maximum Gasteiger partial charge on any atom is 0.296 e. The number of para-hydroxylation sites is 1. The number of nitrogen functional groups attached to an aromatic ring is 3. The summed E-state index contributed by atoms with van der Waals surface area (Å²) in [4.78, 5) is 19.8. The number of hydrazone groups is 1. The maximum atomic E-state index is 13.7. The van der Waals surface area contributed by atoms with Crippen LogP contribution in [-0.4, -0.2) is 47.4 Å². The van der Waals surface area contributed by atoms with Crippen molar-refractivity contribution in [3.8, 4) is 11.4 Å². The summed E-state index contributed by atoms with van der Waals surface area (Å²) >= 11 is 0. The highest BCUT2D eigenvalue weighted by molar-refractivity contribution is 7.91. The number of aromatic nitrogens is 2. The molecule has 10 N–H and O–H groups in total. The largest absolute Gasteiger partial charge is 0.398 e. The van der Waals surface area contributed by atoms with Gasteiger partial charge in [-0.2, -0.15) is 32.2 Å². The molecule has 0 atom stereocenters. The van der Waals surface area contributed by atoms with Gasteiger partial charge >= 0.3 is 0 Å². The van der Waals surface area contributed by atoms with Crippen LogP contribution in [0.25, 0.3) is 28.5 Å². The van der Waals surface area contributed by atoms with Crippen molar-refractivity contribution < 1.29 is 30.7 Å². The normalized spacial score (nSPS) is 14.2. The molecular weight excluding hydrogens is 763 g/mol. The Balaban J connectivity index is 1.18. The quantitative estimate of drug-likeness (QED) is 0.0329. The summed E-state index contributed by atoms with van der Waals surface area (Å²) in [6, 6.07) is 24.1. The van der Waals surface area contributed by atoms with E-state index in [0.29, 0.717) is 50.9 Å². The van der Waals surface area contributed by atoms with Crippen molar-refractivity contribution in [3.05, 3.63) is 113 Å². The SMILES string of the molecule is Cc1cc(N=Nc2ccc3nc(-c4ccc(N=Nc5c(S(=O)(=O)O)cc6c(c5N)C(=O)/C(=N/Nc5ccccc5)C(S(=O)(=O)O)=C6)cc4)[nH]c3c2)c(N)cc1N. The first kappa shape index (κ1) is 37.2. The zero-order valence-corrected chi connectivity index (χ0v) is 30.5. The van der Waals surface area contributed by atoms with Gasteiger partial charge < -0.3 is 22.2 Å². The minimum atomic E-state index is -5.07. The first-order valence-electron chi connectivity index (χ1n) is 16.2. The van der Waals surface area contributed by atoms with E-state index in [1.54, 1.807) is 84.9 Å². The van der Waals surface area contributed by atoms with E-state index >= 15 is 0 Å². The molecule has 20 heteroatoms. The van der Waals surface area contributed by atoms with Crippen molar-refractivity contribution in [2.75, 3.05) is 22.6 Å². The van der Waals surface area contributed by atoms with Crippen LogP contribution < -0.4 is 22.6 Å². The summed E-state index contributed by atoms with van der Waals surface area (Å²) in [6.45, 7) is 1.85. The van der Waals surface area contributed by atoms with E-state index in [9.17, 15) is 30.7 Å². The lowest BCUT2D eigenvalue weighted by molar-refractivity contribution is 0.106. The summed E-state index contributed by atoms with van der Waals surface area (Å²) in [5.41, 5.74) is 23.6. The number of carbonyl (C=O) groups is 1. The third-order valence-electron chi connectivity index (χ3n) is 8.48. The lowest BCUT2D eigenvalue weighted by Gasteiger charge is -2.20. The van der Waals surface area contributed by atoms with Crippen LogP contribution in [0.15, 0.2) is 126 Å². The molecule has 0 spiro atoms. The van der Waals surface area contributed by atoms with Crippen molar-refractivity contribution in [2.45, 2.75) is 11.8 Å². The Morgan fingerprint density at radius 1 is 0.768 bits per heavy atom. The van der Waals surface area contributed by atoms with Crippen LogP contribution in [0.1, 0.15) is 21.5 Å². The van der Waals surface area contributed by atoms with Crippen molar-refractivity contribution >= 4 is 94.3 Å². The number of benzene rings is 5. The number of rotatable bonds is 9. The highest BCUT2D eigenvalue weighted by Gasteiger charge is 2.37. The van der Waals surface area contributed by atoms with E-state index < -0.39 is 52.9 Å². The number of imidazole rings is 1. The van der Waals surface area contributed by atoms with E-state index in [1.807, 2.05) is 6.92 Å². The summed E-state index contributed by atoms with van der Waals surface area (Å²) in [6.07, 6.45) is 0.809. The molecular formula is C36H29N11O7S2. The van der Waals surface area contributed by atoms with Crippen LogP contribution in [0.2, 0.25) is 0 Å². The molecule has 0 radical (unpaired) electrons. The number of Topliss-reactive ketones (excluding diaryl/α,β-unsaturated/α-hetero) is 1. The molecule has 0 fully saturated rings. The number of nitrogens with zero attached hydrogens (tertiary/aromatic N) is 6. The van der Waals surface area contributed by atoms with Gasteiger partial charge in [-0.1, -0.05) is 18.2 Å². The Bertz CT molecular complexity index is 2940. The van der Waals surface area contributed by atoms with Gasteiger partial charge in [-0.05, 0) is 96.9 Å². The van der Waals surface area contributed by atoms with E-state index in [2.05, 4.69) is 41.0 Å². The average Bonchev–Trinajstić information content (AvgIpc) is 3.58. The molecule has 0 saturated heterocycles. The molecule has 5 aromatic carbocycles. The van der Waals surface area contributed by atoms with Gasteiger partial charge in [0.1, 0.15) is 27.0 Å². The minimum absolute atomic E-state index is 0.220. The zero-order valence-electron chi connectivity index (χ0n) is 28.9. The fourth-order valence-electron chi connectivity index (χ4n) is 5.65. The number of nitrogens with two attached hydrogens (primary N) is 3. The first-order valence-corrected chi connectivity index (χ1v) is 19.1. The smallest absolute Gasteiger partial charge is 0.296 e. The van der Waals surface area contributed by atoms with Crippen LogP contribution in [0.4, 0.5) is 45.5 Å². The Hall–Kier alpha value is -7.13. The monoisotopic (exact) mass is 791 g/mol. The summed E-state index contributed by atoms with van der Waals surface area (Å²) < 4.78 is 69.6. The second-order valence-electron chi connectivity index (χ2n) is 12.3. The van der Waals surface area contributed by atoms with Gasteiger partial charge in [0.2, 0.25) is 5.78 Å². The Morgan fingerprint density at radius 3 is 2.16 bits per heavy atom. The van der Waals surface area contributed by atoms with Crippen molar-refractivity contribution in [2.24, 2.45) is 25.6 Å². The molecule has 0 unspecified atom stereocenters. The number of azo groups is 2. The Kier molecular flexibility index (Phi) is 9.47. The van der Waals surface area contributed by atoms with Crippen LogP contribution in [0.3, 0.4) is 0 Å². The molecule has 56 heavy (non-hydrogen) atoms. The van der Waals surface area contributed by atoms with E-state index in [4.69, 9.17) is 17.2 Å². The fourth-order valence-corrected chi connectivity index (χ4v) is 6.98. The predicted molar refractivity (Wildman–Crippen MR) is 212 cm³/mol. The van der Waals surface area contributed by atoms with E-state index in [1.165, 1.54) is 0 Å². The number of allylic oxidation sites excluding steroid dienone is 1. The van der Waals surface area contributed by atoms with E-state index in [0.717, 1.165) is 17.7 Å². The van der Waals surface area contributed by atoms with Crippen LogP contribution in [0, 0.1) is 6.92 Å². The molecule has 7 rings (SSSR count). The number of aryl methyl sites for hydroxylation is 1. The highest BCUT2D eigenvalue weighted by atomic mass is 32.2. The van der Waals surface area contributed by atoms with Gasteiger partial charge in [0, 0.05) is 11.3 Å². The average molecular weight is 792 g/mol. The van der Waals surface area contributed by atoms with Crippen LogP contribution in [-0.2, 0) is 20.2 Å². The van der Waals surface area contributed by atoms with Gasteiger partial charge in [0.05, 0.1) is 45.0 Å². The molecule has 18 nitrogen and oxygen atoms in total. The molecule has 1 heterocycles. The van der Waals surface area contributed by atoms with Crippen LogP contribution >= 0.6 is 0 Å². The molecule has 0 saturated carbocycles. The van der Waals surface area contributed by atoms with Crippen molar-refractivity contribution in [1.29, 1.82) is 0 Å². The second kappa shape index (κ2) is 14.3. The molecule has 282 valence electrons. The molecule has 0 amide bonds. The summed E-state index contributed by atoms with van der Waals surface area (Å²) in [5, 5.41) is 20.5. The fraction of sp³-hybridized carbons (Fsp3) is 0.0278.